The second-order valence-electron chi connectivity index (χ2n) is 7.02. The third-order valence-corrected chi connectivity index (χ3v) is 4.85. The first-order chi connectivity index (χ1) is 12.3. The Morgan fingerprint density at radius 3 is 2.31 bits per heavy atom. The van der Waals surface area contributed by atoms with Crippen LogP contribution in [0.25, 0.3) is 11.1 Å². The molecule has 0 saturated heterocycles. The molecule has 0 aromatic heterocycles. The van der Waals surface area contributed by atoms with Crippen LogP contribution in [0.1, 0.15) is 55.6 Å². The van der Waals surface area contributed by atoms with Crippen molar-refractivity contribution in [1.82, 2.24) is 0 Å². The molecule has 2 aromatic carbocycles. The van der Waals surface area contributed by atoms with Crippen LogP contribution in [0.5, 0.6) is 0 Å². The molecule has 0 unspecified atom stereocenters. The number of nitrogens with zero attached hydrogens (tertiary/aromatic N) is 1. The number of aryl methyl sites for hydroxylation is 2. The number of Topliss-reactive ketones (excluding diaryl/α,β-unsaturated/α-hetero) is 1. The quantitative estimate of drug-likeness (QED) is 0.650. The number of amides is 1. The van der Waals surface area contributed by atoms with Crippen LogP contribution < -0.4 is 4.90 Å². The average Bonchev–Trinajstić information content (AvgIpc) is 2.65. The highest BCUT2D eigenvalue weighted by Gasteiger charge is 2.20. The summed E-state index contributed by atoms with van der Waals surface area (Å²) in [6.45, 7) is 9.83. The van der Waals surface area contributed by atoms with Crippen molar-refractivity contribution in [3.8, 4) is 11.1 Å². The number of ketones is 1. The maximum absolute atomic E-state index is 12.9. The zero-order valence-electron chi connectivity index (χ0n) is 16.7. The second-order valence-corrected chi connectivity index (χ2v) is 7.02. The summed E-state index contributed by atoms with van der Waals surface area (Å²) in [5.74, 6) is 0.220. The Kier molecular flexibility index (Phi) is 6.36. The molecular weight excluding hydrogens is 322 g/mol. The lowest BCUT2D eigenvalue weighted by atomic mass is 9.87. The van der Waals surface area contributed by atoms with Gasteiger partial charge in [-0.1, -0.05) is 52.0 Å². The highest BCUT2D eigenvalue weighted by Crippen LogP contribution is 2.32. The van der Waals surface area contributed by atoms with Crippen molar-refractivity contribution < 1.29 is 9.59 Å². The molecule has 0 saturated carbocycles. The molecule has 0 aliphatic rings. The SMILES string of the molecule is CCC(=O)N(C)c1ccc(-c2cccc(CC)c2C(=O)C(C)C)cc1C. The van der Waals surface area contributed by atoms with E-state index in [1.54, 1.807) is 11.9 Å². The molecular formula is C23H29NO2. The van der Waals surface area contributed by atoms with Gasteiger partial charge in [0.25, 0.3) is 0 Å². The Morgan fingerprint density at radius 2 is 1.77 bits per heavy atom. The molecule has 26 heavy (non-hydrogen) atoms. The van der Waals surface area contributed by atoms with Crippen LogP contribution in [0.4, 0.5) is 5.69 Å². The van der Waals surface area contributed by atoms with Gasteiger partial charge in [-0.15, -0.1) is 0 Å². The fraction of sp³-hybridized carbons (Fsp3) is 0.391. The van der Waals surface area contributed by atoms with E-state index < -0.39 is 0 Å². The van der Waals surface area contributed by atoms with Crippen molar-refractivity contribution in [2.75, 3.05) is 11.9 Å². The minimum Gasteiger partial charge on any atom is -0.315 e. The number of hydrogen-bond donors (Lipinski definition) is 0. The lowest BCUT2D eigenvalue weighted by Gasteiger charge is -2.21. The summed E-state index contributed by atoms with van der Waals surface area (Å²) >= 11 is 0. The van der Waals surface area contributed by atoms with Crippen molar-refractivity contribution in [3.63, 3.8) is 0 Å². The van der Waals surface area contributed by atoms with Crippen LogP contribution in [-0.2, 0) is 11.2 Å². The van der Waals surface area contributed by atoms with Crippen molar-refractivity contribution in [2.24, 2.45) is 5.92 Å². The molecule has 0 aliphatic heterocycles. The lowest BCUT2D eigenvalue weighted by Crippen LogP contribution is -2.25. The molecule has 1 amide bonds. The summed E-state index contributed by atoms with van der Waals surface area (Å²) in [6.07, 6.45) is 1.30. The summed E-state index contributed by atoms with van der Waals surface area (Å²) in [5.41, 5.74) is 5.84. The lowest BCUT2D eigenvalue weighted by molar-refractivity contribution is -0.118. The van der Waals surface area contributed by atoms with Crippen LogP contribution >= 0.6 is 0 Å². The van der Waals surface area contributed by atoms with Crippen molar-refractivity contribution >= 4 is 17.4 Å². The number of hydrogen-bond acceptors (Lipinski definition) is 2. The molecule has 138 valence electrons. The van der Waals surface area contributed by atoms with Gasteiger partial charge in [-0.25, -0.2) is 0 Å². The van der Waals surface area contributed by atoms with E-state index in [1.807, 2.05) is 58.0 Å². The van der Waals surface area contributed by atoms with E-state index in [1.165, 1.54) is 0 Å². The smallest absolute Gasteiger partial charge is 0.226 e. The van der Waals surface area contributed by atoms with Gasteiger partial charge in [-0.3, -0.25) is 9.59 Å². The maximum atomic E-state index is 12.9. The normalized spacial score (nSPS) is 10.9. The topological polar surface area (TPSA) is 37.4 Å². The van der Waals surface area contributed by atoms with Crippen LogP contribution in [0.2, 0.25) is 0 Å². The molecule has 3 heteroatoms. The summed E-state index contributed by atoms with van der Waals surface area (Å²) in [4.78, 5) is 26.6. The van der Waals surface area contributed by atoms with Crippen LogP contribution in [-0.4, -0.2) is 18.7 Å². The van der Waals surface area contributed by atoms with Gasteiger partial charge >= 0.3 is 0 Å². The van der Waals surface area contributed by atoms with Crippen molar-refractivity contribution in [3.05, 3.63) is 53.1 Å². The molecule has 0 N–H and O–H groups in total. The maximum Gasteiger partial charge on any atom is 0.226 e. The third-order valence-electron chi connectivity index (χ3n) is 4.85. The number of benzene rings is 2. The zero-order valence-corrected chi connectivity index (χ0v) is 16.7. The van der Waals surface area contributed by atoms with E-state index in [0.29, 0.717) is 6.42 Å². The Bertz CT molecular complexity index is 821. The molecule has 0 aliphatic carbocycles. The molecule has 0 atom stereocenters. The van der Waals surface area contributed by atoms with E-state index in [0.717, 1.165) is 39.9 Å². The first kappa shape index (κ1) is 19.9. The molecule has 0 heterocycles. The van der Waals surface area contributed by atoms with E-state index in [2.05, 4.69) is 13.0 Å². The number of carbonyl (C=O) groups is 2. The standard InChI is InChI=1S/C23H29NO2/c1-7-17-10-9-11-19(22(17)23(26)15(3)4)18-12-13-20(16(5)14-18)24(6)21(25)8-2/h9-15H,7-8H2,1-6H3. The number of rotatable bonds is 6. The van der Waals surface area contributed by atoms with Crippen LogP contribution in [0, 0.1) is 12.8 Å². The first-order valence-electron chi connectivity index (χ1n) is 9.35. The average molecular weight is 351 g/mol. The summed E-state index contributed by atoms with van der Waals surface area (Å²) in [7, 11) is 1.80. The second kappa shape index (κ2) is 8.31. The van der Waals surface area contributed by atoms with Gasteiger partial charge < -0.3 is 4.90 Å². The summed E-state index contributed by atoms with van der Waals surface area (Å²) in [5, 5.41) is 0. The minimum atomic E-state index is -0.0462. The van der Waals surface area contributed by atoms with Crippen LogP contribution in [0.3, 0.4) is 0 Å². The Hall–Kier alpha value is -2.42. The highest BCUT2D eigenvalue weighted by atomic mass is 16.2. The molecule has 2 aromatic rings. The van der Waals surface area contributed by atoms with Crippen molar-refractivity contribution in [1.29, 1.82) is 0 Å². The number of anilines is 1. The predicted molar refractivity (Wildman–Crippen MR) is 109 cm³/mol. The first-order valence-corrected chi connectivity index (χ1v) is 9.35. The van der Waals surface area contributed by atoms with E-state index >= 15 is 0 Å². The zero-order chi connectivity index (χ0) is 19.4. The molecule has 0 fully saturated rings. The van der Waals surface area contributed by atoms with Gasteiger partial charge in [0, 0.05) is 30.6 Å². The van der Waals surface area contributed by atoms with E-state index in [4.69, 9.17) is 0 Å². The Morgan fingerprint density at radius 1 is 1.08 bits per heavy atom. The monoisotopic (exact) mass is 351 g/mol. The van der Waals surface area contributed by atoms with E-state index in [-0.39, 0.29) is 17.6 Å². The third kappa shape index (κ3) is 3.87. The van der Waals surface area contributed by atoms with E-state index in [9.17, 15) is 9.59 Å². The molecule has 3 nitrogen and oxygen atoms in total. The summed E-state index contributed by atoms with van der Waals surface area (Å²) in [6, 6.07) is 12.1. The fourth-order valence-corrected chi connectivity index (χ4v) is 3.29. The minimum absolute atomic E-state index is 0.0462. The predicted octanol–water partition coefficient (Wildman–Crippen LogP) is 5.44. The molecule has 0 spiro atoms. The Balaban J connectivity index is 2.58. The van der Waals surface area contributed by atoms with Gasteiger partial charge in [0.15, 0.2) is 5.78 Å². The van der Waals surface area contributed by atoms with Gasteiger partial charge in [0.1, 0.15) is 0 Å². The van der Waals surface area contributed by atoms with Gasteiger partial charge in [0.05, 0.1) is 0 Å². The van der Waals surface area contributed by atoms with Crippen molar-refractivity contribution in [2.45, 2.75) is 47.5 Å². The largest absolute Gasteiger partial charge is 0.315 e. The fourth-order valence-electron chi connectivity index (χ4n) is 3.29. The number of carbonyl (C=O) groups excluding carboxylic acids is 2. The molecule has 2 rings (SSSR count). The molecule has 0 bridgehead atoms. The van der Waals surface area contributed by atoms with Gasteiger partial charge in [-0.2, -0.15) is 0 Å². The van der Waals surface area contributed by atoms with Crippen LogP contribution in [0.15, 0.2) is 36.4 Å². The highest BCUT2D eigenvalue weighted by molar-refractivity contribution is 6.05. The Labute approximate surface area is 157 Å². The van der Waals surface area contributed by atoms with Gasteiger partial charge in [0.2, 0.25) is 5.91 Å². The van der Waals surface area contributed by atoms with Gasteiger partial charge in [-0.05, 0) is 47.7 Å². The molecule has 0 radical (unpaired) electrons. The summed E-state index contributed by atoms with van der Waals surface area (Å²) < 4.78 is 0.